The van der Waals surface area contributed by atoms with Crippen LogP contribution in [0.25, 0.3) is 0 Å². The van der Waals surface area contributed by atoms with E-state index in [1.807, 2.05) is 0 Å². The monoisotopic (exact) mass is 154 g/mol. The minimum Gasteiger partial charge on any atom is -0.383 e. The van der Waals surface area contributed by atoms with E-state index in [4.69, 9.17) is 5.73 Å². The zero-order valence-corrected chi connectivity index (χ0v) is 6.46. The molecule has 11 heavy (non-hydrogen) atoms. The first-order valence-corrected chi connectivity index (χ1v) is 3.14. The molecule has 0 atom stereocenters. The van der Waals surface area contributed by atoms with Crippen LogP contribution in [0, 0.1) is 0 Å². The molecular weight excluding hydrogens is 144 g/mol. The molecule has 0 spiro atoms. The van der Waals surface area contributed by atoms with Gasteiger partial charge in [-0.3, -0.25) is 9.78 Å². The highest BCUT2D eigenvalue weighted by molar-refractivity contribution is 5.35. The molecule has 0 aromatic carbocycles. The van der Waals surface area contributed by atoms with Gasteiger partial charge < -0.3 is 10.6 Å². The third-order valence-corrected chi connectivity index (χ3v) is 1.17. The Bertz CT molecular complexity index is 304. The minimum absolute atomic E-state index is 0.234. The van der Waals surface area contributed by atoms with Crippen LogP contribution in [0.4, 0.5) is 11.8 Å². The van der Waals surface area contributed by atoms with Crippen molar-refractivity contribution in [3.63, 3.8) is 0 Å². The van der Waals surface area contributed by atoms with Gasteiger partial charge in [-0.25, -0.2) is 0 Å². The first kappa shape index (κ1) is 7.59. The summed E-state index contributed by atoms with van der Waals surface area (Å²) in [6.07, 6.45) is 0. The molecule has 0 radical (unpaired) electrons. The fourth-order valence-corrected chi connectivity index (χ4v) is 0.675. The largest absolute Gasteiger partial charge is 0.383 e. The summed E-state index contributed by atoms with van der Waals surface area (Å²) in [5.74, 6) is 0.701. The summed E-state index contributed by atoms with van der Waals surface area (Å²) in [7, 11) is 3.55. The van der Waals surface area contributed by atoms with Gasteiger partial charge >= 0.3 is 0 Å². The van der Waals surface area contributed by atoms with Crippen molar-refractivity contribution in [2.24, 2.45) is 0 Å². The second kappa shape index (κ2) is 2.61. The van der Waals surface area contributed by atoms with Crippen molar-refractivity contribution in [2.75, 3.05) is 24.7 Å². The highest BCUT2D eigenvalue weighted by atomic mass is 16.1. The number of rotatable bonds is 1. The van der Waals surface area contributed by atoms with Gasteiger partial charge in [0, 0.05) is 20.2 Å². The van der Waals surface area contributed by atoms with E-state index in [2.05, 4.69) is 9.97 Å². The number of aromatic amines is 1. The van der Waals surface area contributed by atoms with Crippen molar-refractivity contribution in [2.45, 2.75) is 0 Å². The van der Waals surface area contributed by atoms with Gasteiger partial charge in [0.25, 0.3) is 5.56 Å². The second-order valence-corrected chi connectivity index (χ2v) is 2.39. The van der Waals surface area contributed by atoms with E-state index in [1.165, 1.54) is 6.07 Å². The number of nitrogens with one attached hydrogen (secondary N) is 1. The molecule has 5 nitrogen and oxygen atoms in total. The van der Waals surface area contributed by atoms with Gasteiger partial charge in [0.2, 0.25) is 5.95 Å². The van der Waals surface area contributed by atoms with Gasteiger partial charge in [-0.1, -0.05) is 0 Å². The van der Waals surface area contributed by atoms with E-state index in [1.54, 1.807) is 19.0 Å². The van der Waals surface area contributed by atoms with Crippen molar-refractivity contribution < 1.29 is 0 Å². The lowest BCUT2D eigenvalue weighted by Crippen LogP contribution is -2.18. The van der Waals surface area contributed by atoms with Gasteiger partial charge in [-0.2, -0.15) is 4.98 Å². The zero-order chi connectivity index (χ0) is 8.43. The maximum absolute atomic E-state index is 10.8. The predicted molar refractivity (Wildman–Crippen MR) is 43.6 cm³/mol. The third-order valence-electron chi connectivity index (χ3n) is 1.17. The van der Waals surface area contributed by atoms with Gasteiger partial charge in [0.15, 0.2) is 0 Å². The highest BCUT2D eigenvalue weighted by Crippen LogP contribution is 1.99. The Labute approximate surface area is 63.9 Å². The lowest BCUT2D eigenvalue weighted by Gasteiger charge is -2.09. The van der Waals surface area contributed by atoms with Crippen LogP contribution in [0.1, 0.15) is 0 Å². The molecule has 1 heterocycles. The molecule has 0 aliphatic rings. The maximum Gasteiger partial charge on any atom is 0.254 e. The summed E-state index contributed by atoms with van der Waals surface area (Å²) in [6, 6.07) is 1.24. The van der Waals surface area contributed by atoms with Crippen LogP contribution < -0.4 is 16.2 Å². The molecule has 0 saturated heterocycles. The average molecular weight is 154 g/mol. The SMILES string of the molecule is CN(C)c1nc(N)cc(=O)[nH]1. The van der Waals surface area contributed by atoms with E-state index < -0.39 is 0 Å². The van der Waals surface area contributed by atoms with Gasteiger partial charge in [-0.05, 0) is 0 Å². The van der Waals surface area contributed by atoms with Crippen LogP contribution in [0.5, 0.6) is 0 Å². The third kappa shape index (κ3) is 1.70. The lowest BCUT2D eigenvalue weighted by atomic mass is 10.6. The van der Waals surface area contributed by atoms with Gasteiger partial charge in [-0.15, -0.1) is 0 Å². The molecule has 1 rings (SSSR count). The van der Waals surface area contributed by atoms with Crippen LogP contribution in [-0.2, 0) is 0 Å². The molecular formula is C6H10N4O. The van der Waals surface area contributed by atoms with Gasteiger partial charge in [0.05, 0.1) is 0 Å². The van der Waals surface area contributed by atoms with E-state index in [0.29, 0.717) is 5.95 Å². The Balaban J connectivity index is 3.19. The molecule has 0 fully saturated rings. The summed E-state index contributed by atoms with van der Waals surface area (Å²) >= 11 is 0. The molecule has 0 aliphatic heterocycles. The Morgan fingerprint density at radius 2 is 2.27 bits per heavy atom. The quantitative estimate of drug-likeness (QED) is 0.567. The molecule has 3 N–H and O–H groups in total. The first-order chi connectivity index (χ1) is 5.09. The standard InChI is InChI=1S/C6H10N4O/c1-10(2)6-8-4(7)3-5(11)9-6/h3H,1-2H3,(H3,7,8,9,11). The molecule has 0 aliphatic carbocycles. The summed E-state index contributed by atoms with van der Waals surface area (Å²) in [5.41, 5.74) is 5.10. The molecule has 1 aromatic heterocycles. The Kier molecular flexibility index (Phi) is 1.80. The number of nitrogens with two attached hydrogens (primary N) is 1. The summed E-state index contributed by atoms with van der Waals surface area (Å²) in [5, 5.41) is 0. The van der Waals surface area contributed by atoms with E-state index in [0.717, 1.165) is 0 Å². The topological polar surface area (TPSA) is 75.0 Å². The molecule has 0 bridgehead atoms. The number of hydrogen-bond donors (Lipinski definition) is 2. The fraction of sp³-hybridized carbons (Fsp3) is 0.333. The number of H-pyrrole nitrogens is 1. The predicted octanol–water partition coefficient (Wildman–Crippen LogP) is -0.582. The van der Waals surface area contributed by atoms with Crippen LogP contribution >= 0.6 is 0 Å². The van der Waals surface area contributed by atoms with E-state index >= 15 is 0 Å². The number of aromatic nitrogens is 2. The van der Waals surface area contributed by atoms with Crippen molar-refractivity contribution in [3.8, 4) is 0 Å². The molecule has 0 saturated carbocycles. The van der Waals surface area contributed by atoms with Gasteiger partial charge in [0.1, 0.15) is 5.82 Å². The molecule has 0 amide bonds. The van der Waals surface area contributed by atoms with Crippen molar-refractivity contribution in [3.05, 3.63) is 16.4 Å². The second-order valence-electron chi connectivity index (χ2n) is 2.39. The summed E-state index contributed by atoms with van der Waals surface area (Å²) in [4.78, 5) is 18.9. The molecule has 5 heteroatoms. The number of nitrogen functional groups attached to an aromatic ring is 1. The number of hydrogen-bond acceptors (Lipinski definition) is 4. The van der Waals surface area contributed by atoms with Crippen LogP contribution in [-0.4, -0.2) is 24.1 Å². The van der Waals surface area contributed by atoms with Crippen LogP contribution in [0.3, 0.4) is 0 Å². The van der Waals surface area contributed by atoms with E-state index in [9.17, 15) is 4.79 Å². The number of anilines is 2. The smallest absolute Gasteiger partial charge is 0.254 e. The Morgan fingerprint density at radius 1 is 1.64 bits per heavy atom. The average Bonchev–Trinajstić information content (AvgIpc) is 1.85. The molecule has 1 aromatic rings. The molecule has 0 unspecified atom stereocenters. The lowest BCUT2D eigenvalue weighted by molar-refractivity contribution is 0.986. The van der Waals surface area contributed by atoms with Crippen molar-refractivity contribution in [1.82, 2.24) is 9.97 Å². The summed E-state index contributed by atoms with van der Waals surface area (Å²) < 4.78 is 0. The fourth-order valence-electron chi connectivity index (χ4n) is 0.675. The number of nitrogens with zero attached hydrogens (tertiary/aromatic N) is 2. The van der Waals surface area contributed by atoms with Crippen LogP contribution in [0.2, 0.25) is 0 Å². The Hall–Kier alpha value is -1.52. The van der Waals surface area contributed by atoms with Crippen molar-refractivity contribution in [1.29, 1.82) is 0 Å². The highest BCUT2D eigenvalue weighted by Gasteiger charge is 1.98. The summed E-state index contributed by atoms with van der Waals surface area (Å²) in [6.45, 7) is 0. The molecule has 60 valence electrons. The first-order valence-electron chi connectivity index (χ1n) is 3.14. The Morgan fingerprint density at radius 3 is 2.73 bits per heavy atom. The minimum atomic E-state index is -0.235. The maximum atomic E-state index is 10.8. The van der Waals surface area contributed by atoms with Crippen LogP contribution in [0.15, 0.2) is 10.9 Å². The zero-order valence-electron chi connectivity index (χ0n) is 6.46. The van der Waals surface area contributed by atoms with E-state index in [-0.39, 0.29) is 11.4 Å². The van der Waals surface area contributed by atoms with Crippen molar-refractivity contribution >= 4 is 11.8 Å². The normalized spacial score (nSPS) is 9.64.